The monoisotopic (exact) mass is 631 g/mol. The number of nitrogens with zero attached hydrogens (tertiary/aromatic N) is 3. The van der Waals surface area contributed by atoms with Gasteiger partial charge in [-0.15, -0.1) is 0 Å². The van der Waals surface area contributed by atoms with Crippen molar-refractivity contribution in [3.05, 3.63) is 188 Å². The molecule has 3 nitrogen and oxygen atoms in total. The van der Waals surface area contributed by atoms with Crippen LogP contribution in [0.4, 0.5) is 4.39 Å². The Hall–Kier alpha value is -6.52. The lowest BCUT2D eigenvalue weighted by atomic mass is 9.94. The first-order valence-corrected chi connectivity index (χ1v) is 16.2. The molecule has 0 saturated carbocycles. The number of hydrogen-bond donors (Lipinski definition) is 0. The van der Waals surface area contributed by atoms with E-state index in [0.29, 0.717) is 34.2 Å². The summed E-state index contributed by atoms with van der Waals surface area (Å²) >= 11 is 0. The number of benzene rings is 7. The van der Waals surface area contributed by atoms with Crippen LogP contribution >= 0.6 is 0 Å². The topological polar surface area (TPSA) is 38.7 Å². The summed E-state index contributed by atoms with van der Waals surface area (Å²) in [5.41, 5.74) is 9.44. The first kappa shape index (κ1) is 29.9. The number of rotatable bonds is 7. The third kappa shape index (κ3) is 6.28. The van der Waals surface area contributed by atoms with Gasteiger partial charge in [0.2, 0.25) is 0 Å². The summed E-state index contributed by atoms with van der Waals surface area (Å²) < 4.78 is 16.3. The second-order valence-corrected chi connectivity index (χ2v) is 11.8. The number of halogens is 1. The summed E-state index contributed by atoms with van der Waals surface area (Å²) in [6.45, 7) is 0. The van der Waals surface area contributed by atoms with Crippen LogP contribution in [0.2, 0.25) is 0 Å². The fraction of sp³-hybridized carbons (Fsp3) is 0. The zero-order valence-electron chi connectivity index (χ0n) is 26.5. The molecule has 0 atom stereocenters. The molecule has 1 heterocycles. The molecule has 0 spiro atoms. The molecule has 232 valence electrons. The Morgan fingerprint density at radius 2 is 0.531 bits per heavy atom. The maximum Gasteiger partial charge on any atom is 0.164 e. The highest BCUT2D eigenvalue weighted by atomic mass is 19.1. The molecule has 0 unspecified atom stereocenters. The summed E-state index contributed by atoms with van der Waals surface area (Å²) in [5.74, 6) is 1.26. The molecular weight excluding hydrogens is 602 g/mol. The highest BCUT2D eigenvalue weighted by molar-refractivity contribution is 5.81. The summed E-state index contributed by atoms with van der Waals surface area (Å²) in [6.07, 6.45) is 0. The Balaban J connectivity index is 1.30. The van der Waals surface area contributed by atoms with Gasteiger partial charge in [-0.25, -0.2) is 19.3 Å². The van der Waals surface area contributed by atoms with Gasteiger partial charge in [-0.1, -0.05) is 170 Å². The molecule has 0 amide bonds. The lowest BCUT2D eigenvalue weighted by molar-refractivity contribution is 0.635. The average molecular weight is 632 g/mol. The average Bonchev–Trinajstić information content (AvgIpc) is 3.19. The van der Waals surface area contributed by atoms with E-state index in [2.05, 4.69) is 48.5 Å². The van der Waals surface area contributed by atoms with Crippen LogP contribution in [0.5, 0.6) is 0 Å². The van der Waals surface area contributed by atoms with Gasteiger partial charge in [0.1, 0.15) is 5.82 Å². The van der Waals surface area contributed by atoms with Crippen LogP contribution < -0.4 is 0 Å². The van der Waals surface area contributed by atoms with E-state index in [1.54, 1.807) is 0 Å². The fourth-order valence-electron chi connectivity index (χ4n) is 6.06. The van der Waals surface area contributed by atoms with Crippen molar-refractivity contribution >= 4 is 0 Å². The van der Waals surface area contributed by atoms with Crippen molar-refractivity contribution in [1.82, 2.24) is 15.0 Å². The van der Waals surface area contributed by atoms with Crippen LogP contribution in [0, 0.1) is 5.82 Å². The third-order valence-electron chi connectivity index (χ3n) is 8.64. The molecule has 7 aromatic carbocycles. The van der Waals surface area contributed by atoms with E-state index >= 15 is 4.39 Å². The summed E-state index contributed by atoms with van der Waals surface area (Å²) in [5, 5.41) is 0. The van der Waals surface area contributed by atoms with Crippen LogP contribution in [0.15, 0.2) is 182 Å². The predicted octanol–water partition coefficient (Wildman–Crippen LogP) is 11.7. The Morgan fingerprint density at radius 1 is 0.265 bits per heavy atom. The van der Waals surface area contributed by atoms with E-state index in [-0.39, 0.29) is 5.82 Å². The molecule has 4 heteroatoms. The SMILES string of the molecule is Fc1c(-c2ccccc2)cc(-c2nc(-c3ccc(-c4ccccc4)cc3)nc(-c3ccc(-c4ccccc4)cc3)n2)cc1-c1ccccc1. The molecular formula is C45H30FN3. The molecule has 0 radical (unpaired) electrons. The van der Waals surface area contributed by atoms with E-state index in [9.17, 15) is 0 Å². The van der Waals surface area contributed by atoms with Crippen molar-refractivity contribution in [3.63, 3.8) is 0 Å². The number of aromatic nitrogens is 3. The minimum Gasteiger partial charge on any atom is -0.208 e. The van der Waals surface area contributed by atoms with Gasteiger partial charge in [0.15, 0.2) is 17.5 Å². The van der Waals surface area contributed by atoms with Gasteiger partial charge in [0.05, 0.1) is 0 Å². The van der Waals surface area contributed by atoms with Crippen LogP contribution in [-0.2, 0) is 0 Å². The van der Waals surface area contributed by atoms with E-state index in [1.807, 2.05) is 133 Å². The van der Waals surface area contributed by atoms with Crippen molar-refractivity contribution in [3.8, 4) is 78.7 Å². The minimum atomic E-state index is -0.288. The molecule has 0 bridgehead atoms. The van der Waals surface area contributed by atoms with Crippen LogP contribution in [0.3, 0.4) is 0 Å². The van der Waals surface area contributed by atoms with Gasteiger partial charge in [-0.3, -0.25) is 0 Å². The first-order chi connectivity index (χ1) is 24.2. The van der Waals surface area contributed by atoms with E-state index in [4.69, 9.17) is 15.0 Å². The maximum absolute atomic E-state index is 16.3. The first-order valence-electron chi connectivity index (χ1n) is 16.2. The smallest absolute Gasteiger partial charge is 0.164 e. The Kier molecular flexibility index (Phi) is 8.11. The molecule has 49 heavy (non-hydrogen) atoms. The maximum atomic E-state index is 16.3. The molecule has 0 saturated heterocycles. The molecule has 0 aliphatic heterocycles. The highest BCUT2D eigenvalue weighted by Gasteiger charge is 2.19. The Bertz CT molecular complexity index is 2180. The Labute approximate surface area is 285 Å². The van der Waals surface area contributed by atoms with Crippen LogP contribution in [-0.4, -0.2) is 15.0 Å². The molecule has 0 N–H and O–H groups in total. The van der Waals surface area contributed by atoms with Crippen molar-refractivity contribution in [2.24, 2.45) is 0 Å². The van der Waals surface area contributed by atoms with Crippen molar-refractivity contribution in [1.29, 1.82) is 0 Å². The molecule has 0 aliphatic carbocycles. The van der Waals surface area contributed by atoms with Crippen molar-refractivity contribution < 1.29 is 4.39 Å². The predicted molar refractivity (Wildman–Crippen MR) is 198 cm³/mol. The molecule has 8 aromatic rings. The quantitative estimate of drug-likeness (QED) is 0.176. The second kappa shape index (κ2) is 13.3. The third-order valence-corrected chi connectivity index (χ3v) is 8.64. The van der Waals surface area contributed by atoms with Gasteiger partial charge in [-0.2, -0.15) is 0 Å². The normalized spacial score (nSPS) is 11.0. The van der Waals surface area contributed by atoms with Crippen LogP contribution in [0.25, 0.3) is 78.7 Å². The minimum absolute atomic E-state index is 0.288. The second-order valence-electron chi connectivity index (χ2n) is 11.8. The van der Waals surface area contributed by atoms with Gasteiger partial charge in [0.25, 0.3) is 0 Å². The zero-order chi connectivity index (χ0) is 33.0. The number of hydrogen-bond acceptors (Lipinski definition) is 3. The fourth-order valence-corrected chi connectivity index (χ4v) is 6.06. The van der Waals surface area contributed by atoms with Gasteiger partial charge < -0.3 is 0 Å². The standard InChI is InChI=1S/C45H30FN3/c46-42-40(35-17-9-3-10-18-35)29-39(30-41(42)36-19-11-4-12-20-36)45-48-43(37-25-21-33(22-26-37)31-13-5-1-6-14-31)47-44(49-45)38-27-23-34(24-28-38)32-15-7-2-8-16-32/h1-30H. The molecule has 1 aromatic heterocycles. The summed E-state index contributed by atoms with van der Waals surface area (Å²) in [4.78, 5) is 15.0. The molecule has 8 rings (SSSR count). The van der Waals surface area contributed by atoms with Gasteiger partial charge >= 0.3 is 0 Å². The summed E-state index contributed by atoms with van der Waals surface area (Å²) in [6, 6.07) is 59.9. The highest BCUT2D eigenvalue weighted by Crippen LogP contribution is 2.36. The van der Waals surface area contributed by atoms with Crippen LogP contribution in [0.1, 0.15) is 0 Å². The van der Waals surface area contributed by atoms with E-state index in [1.165, 1.54) is 0 Å². The van der Waals surface area contributed by atoms with E-state index < -0.39 is 0 Å². The lowest BCUT2D eigenvalue weighted by Crippen LogP contribution is -2.01. The Morgan fingerprint density at radius 3 is 0.878 bits per heavy atom. The largest absolute Gasteiger partial charge is 0.208 e. The van der Waals surface area contributed by atoms with Gasteiger partial charge in [-0.05, 0) is 45.5 Å². The molecule has 0 fully saturated rings. The lowest BCUT2D eigenvalue weighted by Gasteiger charge is -2.14. The zero-order valence-corrected chi connectivity index (χ0v) is 26.5. The summed E-state index contributed by atoms with van der Waals surface area (Å²) in [7, 11) is 0. The molecule has 0 aliphatic rings. The van der Waals surface area contributed by atoms with Crippen molar-refractivity contribution in [2.45, 2.75) is 0 Å². The van der Waals surface area contributed by atoms with Crippen molar-refractivity contribution in [2.75, 3.05) is 0 Å². The van der Waals surface area contributed by atoms with Gasteiger partial charge in [0, 0.05) is 27.8 Å². The van der Waals surface area contributed by atoms with E-state index in [0.717, 1.165) is 44.5 Å².